The number of halogens is 1. The average Bonchev–Trinajstić information content (AvgIpc) is 2.29. The molecule has 0 amide bonds. The zero-order valence-electron chi connectivity index (χ0n) is 9.50. The molecule has 0 saturated carbocycles. The van der Waals surface area contributed by atoms with E-state index < -0.39 is 5.97 Å². The Morgan fingerprint density at radius 2 is 2.00 bits per heavy atom. The van der Waals surface area contributed by atoms with E-state index in [2.05, 4.69) is 4.90 Å². The number of aromatic carboxylic acids is 1. The summed E-state index contributed by atoms with van der Waals surface area (Å²) >= 11 is 0. The molecule has 1 aliphatic heterocycles. The van der Waals surface area contributed by atoms with E-state index in [1.54, 1.807) is 12.1 Å². The molecule has 1 atom stereocenters. The maximum absolute atomic E-state index is 10.7. The lowest BCUT2D eigenvalue weighted by Gasteiger charge is -2.32. The Kier molecular flexibility index (Phi) is 4.78. The third kappa shape index (κ3) is 3.35. The minimum Gasteiger partial charge on any atom is -0.478 e. The van der Waals surface area contributed by atoms with Gasteiger partial charge in [0, 0.05) is 24.8 Å². The smallest absolute Gasteiger partial charge is 0.335 e. The molecule has 0 aromatic heterocycles. The van der Waals surface area contributed by atoms with Gasteiger partial charge in [-0.05, 0) is 37.1 Å². The van der Waals surface area contributed by atoms with E-state index in [1.807, 2.05) is 12.1 Å². The number of nitrogens with zero attached hydrogens (tertiary/aromatic N) is 1. The quantitative estimate of drug-likeness (QED) is 0.846. The van der Waals surface area contributed by atoms with Crippen molar-refractivity contribution in [3.05, 3.63) is 29.8 Å². The first-order valence-corrected chi connectivity index (χ1v) is 5.50. The molecule has 3 N–H and O–H groups in total. The van der Waals surface area contributed by atoms with Crippen molar-refractivity contribution in [2.45, 2.75) is 18.9 Å². The molecule has 0 bridgehead atoms. The maximum atomic E-state index is 10.7. The van der Waals surface area contributed by atoms with Crippen molar-refractivity contribution in [3.63, 3.8) is 0 Å². The zero-order valence-corrected chi connectivity index (χ0v) is 10.3. The van der Waals surface area contributed by atoms with Gasteiger partial charge in [0.05, 0.1) is 5.56 Å². The Bertz CT molecular complexity index is 381. The SMILES string of the molecule is Cl.NC1CCCN(c2ccc(C(=O)O)cc2)C1. The summed E-state index contributed by atoms with van der Waals surface area (Å²) in [4.78, 5) is 12.9. The number of hydrogen-bond donors (Lipinski definition) is 2. The molecule has 1 fully saturated rings. The minimum absolute atomic E-state index is 0. The second-order valence-electron chi connectivity index (χ2n) is 4.20. The number of anilines is 1. The number of piperidine rings is 1. The molecular formula is C12H17ClN2O2. The van der Waals surface area contributed by atoms with E-state index in [4.69, 9.17) is 10.8 Å². The van der Waals surface area contributed by atoms with Crippen molar-refractivity contribution >= 4 is 24.1 Å². The molecule has 2 rings (SSSR count). The summed E-state index contributed by atoms with van der Waals surface area (Å²) in [5.74, 6) is -0.887. The first kappa shape index (κ1) is 13.8. The van der Waals surface area contributed by atoms with Crippen LogP contribution in [-0.4, -0.2) is 30.2 Å². The van der Waals surface area contributed by atoms with E-state index in [0.29, 0.717) is 5.56 Å². The second-order valence-corrected chi connectivity index (χ2v) is 4.20. The van der Waals surface area contributed by atoms with Gasteiger partial charge in [0.2, 0.25) is 0 Å². The Balaban J connectivity index is 0.00000144. The van der Waals surface area contributed by atoms with Crippen molar-refractivity contribution in [1.82, 2.24) is 0 Å². The number of carbonyl (C=O) groups is 1. The van der Waals surface area contributed by atoms with Crippen LogP contribution in [0.1, 0.15) is 23.2 Å². The number of hydrogen-bond acceptors (Lipinski definition) is 3. The van der Waals surface area contributed by atoms with E-state index in [-0.39, 0.29) is 18.4 Å². The van der Waals surface area contributed by atoms with E-state index in [0.717, 1.165) is 31.6 Å². The molecule has 1 aliphatic rings. The van der Waals surface area contributed by atoms with Crippen LogP contribution in [0.25, 0.3) is 0 Å². The third-order valence-corrected chi connectivity index (χ3v) is 2.94. The van der Waals surface area contributed by atoms with Gasteiger partial charge in [-0.2, -0.15) is 0 Å². The average molecular weight is 257 g/mol. The summed E-state index contributed by atoms with van der Waals surface area (Å²) in [6.45, 7) is 1.85. The molecule has 5 heteroatoms. The molecule has 94 valence electrons. The van der Waals surface area contributed by atoms with Crippen LogP contribution in [0.5, 0.6) is 0 Å². The lowest BCUT2D eigenvalue weighted by Crippen LogP contribution is -2.42. The molecule has 0 radical (unpaired) electrons. The predicted molar refractivity (Wildman–Crippen MR) is 70.1 cm³/mol. The van der Waals surface area contributed by atoms with Crippen LogP contribution in [0.4, 0.5) is 5.69 Å². The summed E-state index contributed by atoms with van der Waals surface area (Å²) in [5.41, 5.74) is 7.28. The Hall–Kier alpha value is -1.26. The van der Waals surface area contributed by atoms with Crippen LogP contribution in [0.3, 0.4) is 0 Å². The number of nitrogens with two attached hydrogens (primary N) is 1. The van der Waals surface area contributed by atoms with Crippen molar-refractivity contribution in [3.8, 4) is 0 Å². The van der Waals surface area contributed by atoms with Crippen LogP contribution >= 0.6 is 12.4 Å². The van der Waals surface area contributed by atoms with Gasteiger partial charge in [-0.25, -0.2) is 4.79 Å². The van der Waals surface area contributed by atoms with E-state index >= 15 is 0 Å². The monoisotopic (exact) mass is 256 g/mol. The van der Waals surface area contributed by atoms with Gasteiger partial charge in [0.1, 0.15) is 0 Å². The number of carboxylic acid groups (broad SMARTS) is 1. The van der Waals surface area contributed by atoms with E-state index in [1.165, 1.54) is 0 Å². The standard InChI is InChI=1S/C12H16N2O2.ClH/c13-10-2-1-7-14(8-10)11-5-3-9(4-6-11)12(15)16;/h3-6,10H,1-2,7-8,13H2,(H,15,16);1H. The Morgan fingerprint density at radius 1 is 1.35 bits per heavy atom. The fourth-order valence-electron chi connectivity index (χ4n) is 2.06. The van der Waals surface area contributed by atoms with Crippen LogP contribution in [0, 0.1) is 0 Å². The first-order chi connectivity index (χ1) is 7.66. The molecule has 17 heavy (non-hydrogen) atoms. The van der Waals surface area contributed by atoms with Crippen LogP contribution in [0.2, 0.25) is 0 Å². The van der Waals surface area contributed by atoms with Gasteiger partial charge in [-0.3, -0.25) is 0 Å². The molecule has 0 aliphatic carbocycles. The van der Waals surface area contributed by atoms with Gasteiger partial charge in [-0.15, -0.1) is 12.4 Å². The largest absolute Gasteiger partial charge is 0.478 e. The number of rotatable bonds is 2. The Morgan fingerprint density at radius 3 is 2.53 bits per heavy atom. The molecule has 1 unspecified atom stereocenters. The fourth-order valence-corrected chi connectivity index (χ4v) is 2.06. The topological polar surface area (TPSA) is 66.6 Å². The van der Waals surface area contributed by atoms with Gasteiger partial charge in [0.15, 0.2) is 0 Å². The Labute approximate surface area is 107 Å². The van der Waals surface area contributed by atoms with Gasteiger partial charge >= 0.3 is 5.97 Å². The van der Waals surface area contributed by atoms with Crippen molar-refractivity contribution in [2.24, 2.45) is 5.73 Å². The molecular weight excluding hydrogens is 240 g/mol. The zero-order chi connectivity index (χ0) is 11.5. The van der Waals surface area contributed by atoms with Crippen molar-refractivity contribution in [1.29, 1.82) is 0 Å². The maximum Gasteiger partial charge on any atom is 0.335 e. The summed E-state index contributed by atoms with van der Waals surface area (Å²) in [6, 6.07) is 7.20. The lowest BCUT2D eigenvalue weighted by molar-refractivity contribution is 0.0697. The molecule has 1 saturated heterocycles. The first-order valence-electron chi connectivity index (χ1n) is 5.50. The summed E-state index contributed by atoms with van der Waals surface area (Å²) in [7, 11) is 0. The van der Waals surface area contributed by atoms with Crippen LogP contribution < -0.4 is 10.6 Å². The second kappa shape index (κ2) is 5.89. The summed E-state index contributed by atoms with van der Waals surface area (Å²) in [6.07, 6.45) is 2.17. The normalized spacial score (nSPS) is 19.6. The number of benzene rings is 1. The minimum atomic E-state index is -0.887. The number of carboxylic acids is 1. The van der Waals surface area contributed by atoms with Crippen LogP contribution in [-0.2, 0) is 0 Å². The molecule has 1 aromatic rings. The highest BCUT2D eigenvalue weighted by molar-refractivity contribution is 5.88. The summed E-state index contributed by atoms with van der Waals surface area (Å²) in [5, 5.41) is 8.79. The molecule has 1 heterocycles. The van der Waals surface area contributed by atoms with Gasteiger partial charge in [0.25, 0.3) is 0 Å². The van der Waals surface area contributed by atoms with Crippen molar-refractivity contribution < 1.29 is 9.90 Å². The predicted octanol–water partition coefficient (Wildman–Crippen LogP) is 1.73. The highest BCUT2D eigenvalue weighted by atomic mass is 35.5. The summed E-state index contributed by atoms with van der Waals surface area (Å²) < 4.78 is 0. The lowest BCUT2D eigenvalue weighted by atomic mass is 10.1. The molecule has 1 aromatic carbocycles. The van der Waals surface area contributed by atoms with Gasteiger partial charge in [-0.1, -0.05) is 0 Å². The fraction of sp³-hybridized carbons (Fsp3) is 0.417. The van der Waals surface area contributed by atoms with Gasteiger partial charge < -0.3 is 15.7 Å². The highest BCUT2D eigenvalue weighted by Crippen LogP contribution is 2.19. The van der Waals surface area contributed by atoms with Crippen LogP contribution in [0.15, 0.2) is 24.3 Å². The highest BCUT2D eigenvalue weighted by Gasteiger charge is 2.16. The molecule has 4 nitrogen and oxygen atoms in total. The molecule has 0 spiro atoms. The van der Waals surface area contributed by atoms with Crippen molar-refractivity contribution in [2.75, 3.05) is 18.0 Å². The van der Waals surface area contributed by atoms with E-state index in [9.17, 15) is 4.79 Å². The third-order valence-electron chi connectivity index (χ3n) is 2.94.